The Morgan fingerprint density at radius 2 is 1.87 bits per heavy atom. The minimum atomic E-state index is -0.291. The van der Waals surface area contributed by atoms with Crippen LogP contribution in [-0.4, -0.2) is 53.8 Å². The van der Waals surface area contributed by atoms with Gasteiger partial charge in [0.1, 0.15) is 5.82 Å². The van der Waals surface area contributed by atoms with Crippen LogP contribution in [0, 0.1) is 11.7 Å². The van der Waals surface area contributed by atoms with Crippen LogP contribution in [0.3, 0.4) is 0 Å². The molecule has 2 aromatic rings. The zero-order valence-electron chi connectivity index (χ0n) is 17.1. The number of nitrogens with zero attached hydrogens (tertiary/aromatic N) is 2. The van der Waals surface area contributed by atoms with E-state index in [-0.39, 0.29) is 23.7 Å². The molecule has 0 radical (unpaired) electrons. The smallest absolute Gasteiger partial charge is 0.264 e. The molecular weight excluding hydrogens is 401 g/mol. The second-order valence-electron chi connectivity index (χ2n) is 8.14. The van der Waals surface area contributed by atoms with Gasteiger partial charge in [0.2, 0.25) is 5.91 Å². The second-order valence-corrected chi connectivity index (χ2v) is 9.09. The van der Waals surface area contributed by atoms with Crippen LogP contribution in [-0.2, 0) is 11.3 Å². The molecule has 0 bridgehead atoms. The highest BCUT2D eigenvalue weighted by molar-refractivity contribution is 7.12. The van der Waals surface area contributed by atoms with Crippen molar-refractivity contribution < 1.29 is 14.0 Å². The first-order chi connectivity index (χ1) is 14.6. The summed E-state index contributed by atoms with van der Waals surface area (Å²) in [6.45, 7) is 3.00. The van der Waals surface area contributed by atoms with Crippen LogP contribution in [0.5, 0.6) is 0 Å². The van der Waals surface area contributed by atoms with Crippen LogP contribution in [0.1, 0.15) is 40.9 Å². The van der Waals surface area contributed by atoms with E-state index in [1.165, 1.54) is 23.5 Å². The van der Waals surface area contributed by atoms with Crippen LogP contribution >= 0.6 is 11.3 Å². The molecule has 4 rings (SSSR count). The normalized spacial score (nSPS) is 19.0. The molecule has 5 nitrogen and oxygen atoms in total. The fourth-order valence-electron chi connectivity index (χ4n) is 4.65. The summed E-state index contributed by atoms with van der Waals surface area (Å²) in [6.07, 6.45) is 4.45. The molecule has 1 aromatic carbocycles. The minimum absolute atomic E-state index is 0.0178. The summed E-state index contributed by atoms with van der Waals surface area (Å²) in [7, 11) is 0. The van der Waals surface area contributed by atoms with E-state index < -0.39 is 0 Å². The lowest BCUT2D eigenvalue weighted by Gasteiger charge is -2.40. The predicted octanol–water partition coefficient (Wildman–Crippen LogP) is 3.52. The average molecular weight is 430 g/mol. The monoisotopic (exact) mass is 429 g/mol. The number of hydrogen-bond acceptors (Lipinski definition) is 4. The maximum absolute atomic E-state index is 13.4. The van der Waals surface area contributed by atoms with E-state index in [1.807, 2.05) is 28.5 Å². The van der Waals surface area contributed by atoms with Crippen LogP contribution in [0.2, 0.25) is 0 Å². The van der Waals surface area contributed by atoms with Gasteiger partial charge in [0, 0.05) is 32.7 Å². The van der Waals surface area contributed by atoms with Gasteiger partial charge in [0.05, 0.1) is 10.9 Å². The Balaban J connectivity index is 1.38. The van der Waals surface area contributed by atoms with Crippen LogP contribution in [0.4, 0.5) is 4.39 Å². The van der Waals surface area contributed by atoms with E-state index in [4.69, 9.17) is 0 Å². The molecule has 1 aliphatic heterocycles. The third kappa shape index (κ3) is 4.90. The zero-order valence-corrected chi connectivity index (χ0v) is 17.9. The molecule has 2 amide bonds. The summed E-state index contributed by atoms with van der Waals surface area (Å²) in [6, 6.07) is 9.93. The van der Waals surface area contributed by atoms with Gasteiger partial charge in [0.15, 0.2) is 0 Å². The van der Waals surface area contributed by atoms with Crippen LogP contribution in [0.15, 0.2) is 41.8 Å². The Kier molecular flexibility index (Phi) is 6.79. The first kappa shape index (κ1) is 21.0. The molecule has 0 spiro atoms. The first-order valence-corrected chi connectivity index (χ1v) is 11.6. The van der Waals surface area contributed by atoms with Gasteiger partial charge in [-0.25, -0.2) is 4.39 Å². The van der Waals surface area contributed by atoms with Gasteiger partial charge >= 0.3 is 0 Å². The number of carbonyl (C=O) groups is 2. The number of piperazine rings is 1. The topological polar surface area (TPSA) is 52.7 Å². The maximum atomic E-state index is 13.4. The Labute approximate surface area is 180 Å². The van der Waals surface area contributed by atoms with Gasteiger partial charge in [-0.15, -0.1) is 11.3 Å². The molecule has 1 N–H and O–H groups in total. The molecule has 1 saturated carbocycles. The second kappa shape index (κ2) is 9.71. The Hall–Kier alpha value is -2.25. The molecule has 30 heavy (non-hydrogen) atoms. The molecule has 1 saturated heterocycles. The molecule has 2 heterocycles. The quantitative estimate of drug-likeness (QED) is 0.765. The number of nitrogens with one attached hydrogen (secondary N) is 1. The highest BCUT2D eigenvalue weighted by atomic mass is 32.1. The molecule has 1 atom stereocenters. The van der Waals surface area contributed by atoms with Crippen molar-refractivity contribution in [3.8, 4) is 0 Å². The number of rotatable bonds is 6. The number of hydrogen-bond donors (Lipinski definition) is 1. The van der Waals surface area contributed by atoms with E-state index >= 15 is 0 Å². The Morgan fingerprint density at radius 1 is 1.10 bits per heavy atom. The Morgan fingerprint density at radius 3 is 2.53 bits per heavy atom. The number of benzene rings is 1. The van der Waals surface area contributed by atoms with Crippen molar-refractivity contribution in [2.45, 2.75) is 38.3 Å². The standard InChI is InChI=1S/C23H28FN3O2S/c24-19-8-3-5-17(15-19)16-25-22(28)21(18-6-1-2-7-18)26-10-12-27(13-11-26)23(29)20-9-4-14-30-20/h3-5,8-9,14-15,18,21H,1-2,6-7,10-13,16H2,(H,25,28). The highest BCUT2D eigenvalue weighted by Crippen LogP contribution is 2.31. The van der Waals surface area contributed by atoms with Gasteiger partial charge in [0.25, 0.3) is 5.91 Å². The number of thiophene rings is 1. The van der Waals surface area contributed by atoms with Crippen molar-refractivity contribution in [3.63, 3.8) is 0 Å². The lowest BCUT2D eigenvalue weighted by molar-refractivity contribution is -0.129. The lowest BCUT2D eigenvalue weighted by atomic mass is 9.95. The summed E-state index contributed by atoms with van der Waals surface area (Å²) in [4.78, 5) is 30.7. The van der Waals surface area contributed by atoms with Crippen molar-refractivity contribution in [1.82, 2.24) is 15.1 Å². The SMILES string of the molecule is O=C(NCc1cccc(F)c1)C(C1CCCC1)N1CCN(C(=O)c2cccs2)CC1. The van der Waals surface area contributed by atoms with Crippen LogP contribution < -0.4 is 5.32 Å². The molecule has 1 aromatic heterocycles. The van der Waals surface area contributed by atoms with Gasteiger partial charge in [-0.05, 0) is 47.9 Å². The largest absolute Gasteiger partial charge is 0.351 e. The summed E-state index contributed by atoms with van der Waals surface area (Å²) in [5.74, 6) is 0.152. The lowest BCUT2D eigenvalue weighted by Crippen LogP contribution is -2.57. The molecule has 7 heteroatoms. The number of halogens is 1. The average Bonchev–Trinajstić information content (AvgIpc) is 3.47. The van der Waals surface area contributed by atoms with Gasteiger partial charge in [-0.3, -0.25) is 14.5 Å². The molecule has 1 aliphatic carbocycles. The van der Waals surface area contributed by atoms with Crippen molar-refractivity contribution in [1.29, 1.82) is 0 Å². The summed E-state index contributed by atoms with van der Waals surface area (Å²) >= 11 is 1.47. The fraction of sp³-hybridized carbons (Fsp3) is 0.478. The highest BCUT2D eigenvalue weighted by Gasteiger charge is 2.37. The van der Waals surface area contributed by atoms with Crippen molar-refractivity contribution >= 4 is 23.2 Å². The molecular formula is C23H28FN3O2S. The van der Waals surface area contributed by atoms with E-state index in [0.29, 0.717) is 38.6 Å². The van der Waals surface area contributed by atoms with Gasteiger partial charge < -0.3 is 10.2 Å². The Bertz CT molecular complexity index is 859. The first-order valence-electron chi connectivity index (χ1n) is 10.7. The fourth-order valence-corrected chi connectivity index (χ4v) is 5.34. The predicted molar refractivity (Wildman–Crippen MR) is 116 cm³/mol. The summed E-state index contributed by atoms with van der Waals surface area (Å²) in [5, 5.41) is 4.95. The van der Waals surface area contributed by atoms with Gasteiger partial charge in [-0.1, -0.05) is 31.0 Å². The summed E-state index contributed by atoms with van der Waals surface area (Å²) in [5.41, 5.74) is 0.764. The van der Waals surface area contributed by atoms with Gasteiger partial charge in [-0.2, -0.15) is 0 Å². The van der Waals surface area contributed by atoms with E-state index in [2.05, 4.69) is 10.2 Å². The molecule has 1 unspecified atom stereocenters. The number of amides is 2. The van der Waals surface area contributed by atoms with E-state index in [0.717, 1.165) is 36.1 Å². The minimum Gasteiger partial charge on any atom is -0.351 e. The molecule has 2 aliphatic rings. The van der Waals surface area contributed by atoms with E-state index in [9.17, 15) is 14.0 Å². The maximum Gasteiger partial charge on any atom is 0.264 e. The molecule has 2 fully saturated rings. The van der Waals surface area contributed by atoms with Crippen molar-refractivity contribution in [2.24, 2.45) is 5.92 Å². The third-order valence-electron chi connectivity index (χ3n) is 6.20. The van der Waals surface area contributed by atoms with Crippen molar-refractivity contribution in [2.75, 3.05) is 26.2 Å². The molecule has 160 valence electrons. The van der Waals surface area contributed by atoms with E-state index in [1.54, 1.807) is 6.07 Å². The van der Waals surface area contributed by atoms with Crippen LogP contribution in [0.25, 0.3) is 0 Å². The zero-order chi connectivity index (χ0) is 20.9. The van der Waals surface area contributed by atoms with Crippen molar-refractivity contribution in [3.05, 3.63) is 58.0 Å². The number of carbonyl (C=O) groups excluding carboxylic acids is 2. The third-order valence-corrected chi connectivity index (χ3v) is 7.06. The summed E-state index contributed by atoms with van der Waals surface area (Å²) < 4.78 is 13.4.